The average molecular weight is 632 g/mol. The molecule has 0 fully saturated rings. The van der Waals surface area contributed by atoms with Crippen LogP contribution in [0.15, 0.2) is 158 Å². The van der Waals surface area contributed by atoms with Gasteiger partial charge in [-0.05, 0) is 82.8 Å². The molecule has 6 aromatic carbocycles. The van der Waals surface area contributed by atoms with E-state index < -0.39 is 0 Å². The van der Waals surface area contributed by atoms with E-state index >= 15 is 0 Å². The second kappa shape index (κ2) is 11.3. The molecular formula is C44H29N3O2. The topological polar surface area (TPSA) is 55.2 Å². The number of rotatable bonds is 5. The lowest BCUT2D eigenvalue weighted by Gasteiger charge is -2.20. The molecule has 8 aromatic rings. The summed E-state index contributed by atoms with van der Waals surface area (Å²) in [6.45, 7) is 2.06. The second-order valence-corrected chi connectivity index (χ2v) is 12.4. The molecule has 0 unspecified atom stereocenters. The lowest BCUT2D eigenvalue weighted by Crippen LogP contribution is -2.30. The summed E-state index contributed by atoms with van der Waals surface area (Å²) in [6, 6.07) is 48.3. The van der Waals surface area contributed by atoms with Gasteiger partial charge in [0.1, 0.15) is 0 Å². The first-order valence-electron chi connectivity index (χ1n) is 16.3. The fourth-order valence-corrected chi connectivity index (χ4v) is 7.26. The number of amides is 2. The summed E-state index contributed by atoms with van der Waals surface area (Å²) in [6.07, 6.45) is 3.68. The Morgan fingerprint density at radius 3 is 2.00 bits per heavy atom. The van der Waals surface area contributed by atoms with Gasteiger partial charge in [0, 0.05) is 28.7 Å². The van der Waals surface area contributed by atoms with Crippen LogP contribution >= 0.6 is 0 Å². The largest absolute Gasteiger partial charge is 0.308 e. The molecule has 5 heteroatoms. The zero-order valence-corrected chi connectivity index (χ0v) is 26.7. The van der Waals surface area contributed by atoms with Crippen LogP contribution < -0.4 is 4.90 Å². The maximum absolute atomic E-state index is 14.8. The molecule has 2 amide bonds. The summed E-state index contributed by atoms with van der Waals surface area (Å²) in [7, 11) is 0. The van der Waals surface area contributed by atoms with Gasteiger partial charge in [-0.15, -0.1) is 0 Å². The van der Waals surface area contributed by atoms with Crippen molar-refractivity contribution in [1.29, 1.82) is 0 Å². The van der Waals surface area contributed by atoms with Gasteiger partial charge in [0.2, 0.25) is 0 Å². The van der Waals surface area contributed by atoms with E-state index in [0.29, 0.717) is 22.5 Å². The molecule has 0 saturated heterocycles. The van der Waals surface area contributed by atoms with Crippen LogP contribution in [-0.2, 0) is 0 Å². The summed E-state index contributed by atoms with van der Waals surface area (Å²) >= 11 is 0. The maximum atomic E-state index is 14.8. The van der Waals surface area contributed by atoms with Gasteiger partial charge in [0.25, 0.3) is 11.8 Å². The van der Waals surface area contributed by atoms with Gasteiger partial charge in [-0.2, -0.15) is 0 Å². The predicted molar refractivity (Wildman–Crippen MR) is 197 cm³/mol. The smallest absolute Gasteiger partial charge is 0.268 e. The SMILES string of the molecule is Cc1cnccc1-c1ccc2c3ccccc3n(-c3cccc4c3C(=O)N(c3ccc(-c5ccccc5)cc3-c3ccccc3)C4=O)c2c1. The molecule has 1 aliphatic rings. The molecule has 0 bridgehead atoms. The fourth-order valence-electron chi connectivity index (χ4n) is 7.26. The lowest BCUT2D eigenvalue weighted by molar-refractivity contribution is 0.0926. The number of carbonyl (C=O) groups is 2. The van der Waals surface area contributed by atoms with E-state index in [0.717, 1.165) is 60.8 Å². The number of aromatic nitrogens is 2. The summed E-state index contributed by atoms with van der Waals surface area (Å²) < 4.78 is 2.13. The Balaban J connectivity index is 1.24. The number of para-hydroxylation sites is 1. The molecule has 0 aliphatic carbocycles. The zero-order valence-electron chi connectivity index (χ0n) is 26.7. The molecule has 0 spiro atoms. The number of fused-ring (bicyclic) bond motifs is 4. The Hall–Kier alpha value is -6.59. The normalized spacial score (nSPS) is 12.6. The van der Waals surface area contributed by atoms with E-state index in [1.54, 1.807) is 12.3 Å². The van der Waals surface area contributed by atoms with Crippen molar-refractivity contribution < 1.29 is 9.59 Å². The highest BCUT2D eigenvalue weighted by atomic mass is 16.2. The molecule has 0 saturated carbocycles. The van der Waals surface area contributed by atoms with E-state index in [9.17, 15) is 9.59 Å². The molecule has 232 valence electrons. The van der Waals surface area contributed by atoms with Gasteiger partial charge in [-0.25, -0.2) is 4.90 Å². The molecule has 49 heavy (non-hydrogen) atoms. The first-order valence-corrected chi connectivity index (χ1v) is 16.3. The number of anilines is 1. The van der Waals surface area contributed by atoms with Crippen molar-refractivity contribution in [2.75, 3.05) is 4.90 Å². The quantitative estimate of drug-likeness (QED) is 0.178. The lowest BCUT2D eigenvalue weighted by atomic mass is 9.97. The van der Waals surface area contributed by atoms with Crippen LogP contribution in [0.4, 0.5) is 5.69 Å². The van der Waals surface area contributed by atoms with Crippen molar-refractivity contribution >= 4 is 39.3 Å². The number of imide groups is 1. The fraction of sp³-hybridized carbons (Fsp3) is 0.0227. The monoisotopic (exact) mass is 631 g/mol. The van der Waals surface area contributed by atoms with Crippen molar-refractivity contribution in [3.63, 3.8) is 0 Å². The molecule has 0 N–H and O–H groups in total. The van der Waals surface area contributed by atoms with Crippen LogP contribution in [-0.4, -0.2) is 21.4 Å². The Morgan fingerprint density at radius 2 is 1.20 bits per heavy atom. The molecule has 2 aromatic heterocycles. The van der Waals surface area contributed by atoms with Gasteiger partial charge in [-0.1, -0.05) is 103 Å². The first kappa shape index (κ1) is 28.6. The van der Waals surface area contributed by atoms with Crippen molar-refractivity contribution in [1.82, 2.24) is 9.55 Å². The Morgan fingerprint density at radius 1 is 0.490 bits per heavy atom. The maximum Gasteiger partial charge on any atom is 0.268 e. The molecule has 3 heterocycles. The highest BCUT2D eigenvalue weighted by molar-refractivity contribution is 6.36. The third-order valence-electron chi connectivity index (χ3n) is 9.57. The Kier molecular flexibility index (Phi) is 6.59. The molecule has 9 rings (SSSR count). The minimum atomic E-state index is -0.340. The number of hydrogen-bond donors (Lipinski definition) is 0. The second-order valence-electron chi connectivity index (χ2n) is 12.4. The summed E-state index contributed by atoms with van der Waals surface area (Å²) in [4.78, 5) is 34.8. The van der Waals surface area contributed by atoms with E-state index in [4.69, 9.17) is 0 Å². The van der Waals surface area contributed by atoms with Gasteiger partial charge in [0.15, 0.2) is 0 Å². The molecule has 5 nitrogen and oxygen atoms in total. The highest BCUT2D eigenvalue weighted by Crippen LogP contribution is 2.42. The van der Waals surface area contributed by atoms with Gasteiger partial charge in [0.05, 0.1) is 33.5 Å². The first-order chi connectivity index (χ1) is 24.1. The molecular weight excluding hydrogens is 603 g/mol. The third-order valence-corrected chi connectivity index (χ3v) is 9.57. The Bertz CT molecular complexity index is 2600. The highest BCUT2D eigenvalue weighted by Gasteiger charge is 2.40. The molecule has 1 aliphatic heterocycles. The minimum Gasteiger partial charge on any atom is -0.308 e. The Labute approximate surface area is 283 Å². The number of hydrogen-bond acceptors (Lipinski definition) is 3. The predicted octanol–water partition coefficient (Wildman–Crippen LogP) is 10.3. The summed E-state index contributed by atoms with van der Waals surface area (Å²) in [5, 5.41) is 2.14. The molecule has 0 atom stereocenters. The van der Waals surface area contributed by atoms with Crippen LogP contribution in [0, 0.1) is 6.92 Å². The average Bonchev–Trinajstić information content (AvgIpc) is 3.62. The number of benzene rings is 6. The van der Waals surface area contributed by atoms with Crippen molar-refractivity contribution in [2.24, 2.45) is 0 Å². The third kappa shape index (κ3) is 4.51. The minimum absolute atomic E-state index is 0.333. The van der Waals surface area contributed by atoms with Crippen LogP contribution in [0.1, 0.15) is 26.3 Å². The van der Waals surface area contributed by atoms with Crippen LogP contribution in [0.2, 0.25) is 0 Å². The number of nitrogens with zero attached hydrogens (tertiary/aromatic N) is 3. The summed E-state index contributed by atoms with van der Waals surface area (Å²) in [5.41, 5.74) is 11.0. The van der Waals surface area contributed by atoms with E-state index in [1.165, 1.54) is 4.90 Å². The van der Waals surface area contributed by atoms with Crippen LogP contribution in [0.3, 0.4) is 0 Å². The van der Waals surface area contributed by atoms with Gasteiger partial charge < -0.3 is 4.57 Å². The summed E-state index contributed by atoms with van der Waals surface area (Å²) in [5.74, 6) is -0.673. The zero-order chi connectivity index (χ0) is 33.1. The number of aryl methyl sites for hydroxylation is 1. The van der Waals surface area contributed by atoms with Crippen molar-refractivity contribution in [2.45, 2.75) is 6.92 Å². The van der Waals surface area contributed by atoms with Crippen LogP contribution in [0.25, 0.3) is 60.9 Å². The van der Waals surface area contributed by atoms with E-state index in [1.807, 2.05) is 97.2 Å². The standard InChI is InChI=1S/C44H29N3O2/c1-28-27-45-24-23-33(28)32-19-21-35-34-15-8-9-17-38(34)46(41(35)26-32)40-18-10-16-36-42(40)44(49)47(43(36)48)39-22-20-31(29-11-4-2-5-12-29)25-37(39)30-13-6-3-7-14-30/h2-27H,1H3. The number of carbonyl (C=O) groups excluding carboxylic acids is 2. The van der Waals surface area contributed by atoms with Gasteiger partial charge in [-0.3, -0.25) is 14.6 Å². The molecule has 0 radical (unpaired) electrons. The van der Waals surface area contributed by atoms with E-state index in [-0.39, 0.29) is 11.8 Å². The van der Waals surface area contributed by atoms with Crippen LogP contribution in [0.5, 0.6) is 0 Å². The van der Waals surface area contributed by atoms with Crippen molar-refractivity contribution in [3.05, 3.63) is 175 Å². The number of pyridine rings is 1. The van der Waals surface area contributed by atoms with Gasteiger partial charge >= 0.3 is 0 Å². The van der Waals surface area contributed by atoms with Crippen molar-refractivity contribution in [3.8, 4) is 39.1 Å². The van der Waals surface area contributed by atoms with E-state index in [2.05, 4.69) is 65.0 Å².